The minimum atomic E-state index is -0.833. The van der Waals surface area contributed by atoms with E-state index >= 15 is 0 Å². The van der Waals surface area contributed by atoms with Crippen LogP contribution >= 0.6 is 0 Å². The Kier molecular flexibility index (Phi) is 74.6. The molecule has 0 saturated heterocycles. The summed E-state index contributed by atoms with van der Waals surface area (Å²) in [5, 5.41) is 33.5. The zero-order chi connectivity index (χ0) is 16.4. The standard InChI is InChI=1S/C4H12N2O.3C2H4O2.Fe.2Na.2H/c1-4(7)6-3-2-5;3*1-2(3)4;;;;;/h4,6-7H,2-3,5H2,1H3;3*1H3,(H,3,4);;;;;. The maximum atomic E-state index is 9.00. The molecular weight excluding hydrogens is 362 g/mol. The predicted octanol–water partition coefficient (Wildman–Crippen LogP) is -2.15. The molecule has 0 aromatic heterocycles. The van der Waals surface area contributed by atoms with Crippen molar-refractivity contribution in [3.63, 3.8) is 0 Å². The van der Waals surface area contributed by atoms with Crippen LogP contribution in [0.3, 0.4) is 0 Å². The van der Waals surface area contributed by atoms with Gasteiger partial charge in [0.1, 0.15) is 6.23 Å². The van der Waals surface area contributed by atoms with Crippen LogP contribution in [0.25, 0.3) is 0 Å². The molecule has 0 aromatic rings. The van der Waals surface area contributed by atoms with E-state index in [-0.39, 0.29) is 76.2 Å². The average molecular weight is 388 g/mol. The van der Waals surface area contributed by atoms with Crippen LogP contribution < -0.4 is 11.1 Å². The summed E-state index contributed by atoms with van der Waals surface area (Å²) in [4.78, 5) is 27.0. The molecule has 0 aliphatic rings. The molecule has 0 heterocycles. The second-order valence-corrected chi connectivity index (χ2v) is 2.98. The molecular formula is C10H26FeN2Na2O7. The van der Waals surface area contributed by atoms with Gasteiger partial charge < -0.3 is 26.2 Å². The first-order valence-corrected chi connectivity index (χ1v) is 5.17. The molecule has 0 aromatic carbocycles. The third-order valence-corrected chi connectivity index (χ3v) is 0.584. The molecule has 0 saturated carbocycles. The van der Waals surface area contributed by atoms with E-state index in [1.165, 1.54) is 0 Å². The molecule has 0 bridgehead atoms. The molecule has 0 radical (unpaired) electrons. The summed E-state index contributed by atoms with van der Waals surface area (Å²) >= 11 is 0. The van der Waals surface area contributed by atoms with Crippen molar-refractivity contribution in [1.29, 1.82) is 0 Å². The summed E-state index contributed by atoms with van der Waals surface area (Å²) in [7, 11) is 0. The Labute approximate surface area is 185 Å². The Balaban J connectivity index is -0.0000000270. The normalized spacial score (nSPS) is 7.91. The summed E-state index contributed by atoms with van der Waals surface area (Å²) in [5.74, 6) is -2.50. The van der Waals surface area contributed by atoms with Crippen LogP contribution in [-0.2, 0) is 31.5 Å². The third kappa shape index (κ3) is 353. The van der Waals surface area contributed by atoms with Gasteiger partial charge in [-0.15, -0.1) is 0 Å². The molecule has 0 aliphatic heterocycles. The van der Waals surface area contributed by atoms with Crippen LogP contribution in [0.5, 0.6) is 0 Å². The predicted molar refractivity (Wildman–Crippen MR) is 83.0 cm³/mol. The molecule has 128 valence electrons. The topological polar surface area (TPSA) is 170 Å². The Hall–Kier alpha value is 0.809. The van der Waals surface area contributed by atoms with Crippen molar-refractivity contribution in [2.45, 2.75) is 33.9 Å². The summed E-state index contributed by atoms with van der Waals surface area (Å²) < 4.78 is 0. The maximum absolute atomic E-state index is 9.00. The van der Waals surface area contributed by atoms with Crippen LogP contribution in [-0.4, -0.2) is 117 Å². The Bertz CT molecular complexity index is 207. The van der Waals surface area contributed by atoms with Crippen molar-refractivity contribution in [3.05, 3.63) is 0 Å². The molecule has 1 atom stereocenters. The Morgan fingerprint density at radius 3 is 1.18 bits per heavy atom. The van der Waals surface area contributed by atoms with Crippen molar-refractivity contribution in [1.82, 2.24) is 5.32 Å². The quantitative estimate of drug-likeness (QED) is 0.233. The fourth-order valence-corrected chi connectivity index (χ4v) is 0.292. The van der Waals surface area contributed by atoms with Gasteiger partial charge in [0.2, 0.25) is 0 Å². The summed E-state index contributed by atoms with van der Waals surface area (Å²) in [5.41, 5.74) is 5.10. The van der Waals surface area contributed by atoms with Crippen LogP contribution in [0.1, 0.15) is 27.7 Å². The number of aliphatic hydroxyl groups excluding tert-OH is 1. The van der Waals surface area contributed by atoms with Gasteiger partial charge in [-0.25, -0.2) is 0 Å². The Morgan fingerprint density at radius 1 is 0.955 bits per heavy atom. The molecule has 12 heteroatoms. The Morgan fingerprint density at radius 2 is 1.14 bits per heavy atom. The van der Waals surface area contributed by atoms with E-state index in [4.69, 9.17) is 40.5 Å². The van der Waals surface area contributed by atoms with Crippen molar-refractivity contribution >= 4 is 77.0 Å². The van der Waals surface area contributed by atoms with Gasteiger partial charge in [-0.1, -0.05) is 0 Å². The SMILES string of the molecule is CC(=O)O.CC(=O)O.CC(=O)O.CC(O)NCCN.[Fe].[NaH].[NaH]. The number of carboxylic acid groups (broad SMARTS) is 3. The van der Waals surface area contributed by atoms with Crippen LogP contribution in [0.4, 0.5) is 0 Å². The fraction of sp³-hybridized carbons (Fsp3) is 0.700. The van der Waals surface area contributed by atoms with E-state index in [2.05, 4.69) is 5.32 Å². The zero-order valence-electron chi connectivity index (χ0n) is 11.9. The molecule has 7 N–H and O–H groups in total. The number of carboxylic acids is 3. The monoisotopic (exact) mass is 388 g/mol. The number of nitrogens with two attached hydrogens (primary N) is 1. The third-order valence-electron chi connectivity index (χ3n) is 0.584. The van der Waals surface area contributed by atoms with Crippen LogP contribution in [0, 0.1) is 0 Å². The van der Waals surface area contributed by atoms with Gasteiger partial charge in [-0.2, -0.15) is 0 Å². The summed E-state index contributed by atoms with van der Waals surface area (Å²) in [6.45, 7) is 6.16. The number of hydrogen-bond donors (Lipinski definition) is 6. The summed E-state index contributed by atoms with van der Waals surface area (Å²) in [6.07, 6.45) is -0.427. The summed E-state index contributed by atoms with van der Waals surface area (Å²) in [6, 6.07) is 0. The van der Waals surface area contributed by atoms with E-state index in [1.807, 2.05) is 0 Å². The molecule has 0 amide bonds. The first-order chi connectivity index (χ1) is 8.47. The number of nitrogens with one attached hydrogen (secondary N) is 1. The number of aliphatic carboxylic acids is 3. The first-order valence-electron chi connectivity index (χ1n) is 5.17. The van der Waals surface area contributed by atoms with Gasteiger partial charge in [0.25, 0.3) is 17.9 Å². The van der Waals surface area contributed by atoms with Crippen LogP contribution in [0.15, 0.2) is 0 Å². The van der Waals surface area contributed by atoms with E-state index in [0.717, 1.165) is 20.8 Å². The average Bonchev–Trinajstić information content (AvgIpc) is 2.11. The van der Waals surface area contributed by atoms with Crippen molar-refractivity contribution in [3.8, 4) is 0 Å². The number of aliphatic hydroxyl groups is 1. The zero-order valence-corrected chi connectivity index (χ0v) is 13.0. The van der Waals surface area contributed by atoms with Crippen molar-refractivity contribution in [2.75, 3.05) is 13.1 Å². The second-order valence-electron chi connectivity index (χ2n) is 2.98. The van der Waals surface area contributed by atoms with Gasteiger partial charge in [-0.05, 0) is 6.92 Å². The number of carbonyl (C=O) groups is 3. The van der Waals surface area contributed by atoms with Gasteiger partial charge >= 0.3 is 59.1 Å². The molecule has 22 heavy (non-hydrogen) atoms. The van der Waals surface area contributed by atoms with Crippen molar-refractivity contribution in [2.24, 2.45) is 5.73 Å². The fourth-order valence-electron chi connectivity index (χ4n) is 0.292. The van der Waals surface area contributed by atoms with Gasteiger partial charge in [0.15, 0.2) is 0 Å². The van der Waals surface area contributed by atoms with Crippen molar-refractivity contribution < 1.29 is 51.9 Å². The molecule has 1 unspecified atom stereocenters. The molecule has 9 nitrogen and oxygen atoms in total. The van der Waals surface area contributed by atoms with Gasteiger partial charge in [-0.3, -0.25) is 19.7 Å². The molecule has 0 rings (SSSR count). The van der Waals surface area contributed by atoms with E-state index in [9.17, 15) is 0 Å². The molecule has 0 fully saturated rings. The van der Waals surface area contributed by atoms with E-state index in [0.29, 0.717) is 13.1 Å². The second kappa shape index (κ2) is 37.8. The molecule has 0 aliphatic carbocycles. The van der Waals surface area contributed by atoms with Gasteiger partial charge in [0.05, 0.1) is 0 Å². The first kappa shape index (κ1) is 43.4. The number of hydrogen-bond acceptors (Lipinski definition) is 6. The van der Waals surface area contributed by atoms with E-state index in [1.54, 1.807) is 6.92 Å². The minimum absolute atomic E-state index is 0. The van der Waals surface area contributed by atoms with E-state index < -0.39 is 24.1 Å². The van der Waals surface area contributed by atoms with Crippen LogP contribution in [0.2, 0.25) is 0 Å². The number of rotatable bonds is 3. The molecule has 0 spiro atoms. The van der Waals surface area contributed by atoms with Gasteiger partial charge in [0, 0.05) is 50.9 Å².